The number of amides is 1. The van der Waals surface area contributed by atoms with Crippen molar-refractivity contribution >= 4 is 21.8 Å². The van der Waals surface area contributed by atoms with Crippen LogP contribution in [0.2, 0.25) is 0 Å². The smallest absolute Gasteiger partial charge is 0.272 e. The number of primary amides is 1. The molecule has 86 valence electrons. The first-order chi connectivity index (χ1) is 8.16. The molecule has 6 heteroatoms. The number of nitrogens with two attached hydrogens (primary N) is 1. The van der Waals surface area contributed by atoms with Gasteiger partial charge in [0.1, 0.15) is 5.75 Å². The molecule has 0 atom stereocenters. The Morgan fingerprint density at radius 3 is 2.76 bits per heavy atom. The van der Waals surface area contributed by atoms with E-state index in [-0.39, 0.29) is 11.6 Å². The summed E-state index contributed by atoms with van der Waals surface area (Å²) < 4.78 is 6.31. The van der Waals surface area contributed by atoms with Crippen molar-refractivity contribution in [1.29, 1.82) is 0 Å². The lowest BCUT2D eigenvalue weighted by Gasteiger charge is -2.06. The third kappa shape index (κ3) is 2.79. The van der Waals surface area contributed by atoms with E-state index in [0.29, 0.717) is 5.75 Å². The molecule has 0 fully saturated rings. The first-order valence-corrected chi connectivity index (χ1v) is 5.50. The molecule has 0 bridgehead atoms. The van der Waals surface area contributed by atoms with Gasteiger partial charge in [-0.2, -0.15) is 0 Å². The van der Waals surface area contributed by atoms with Crippen LogP contribution in [0.25, 0.3) is 0 Å². The second-order valence-electron chi connectivity index (χ2n) is 3.13. The molecule has 2 aromatic rings. The highest BCUT2D eigenvalue weighted by atomic mass is 79.9. The van der Waals surface area contributed by atoms with Gasteiger partial charge in [-0.3, -0.25) is 4.79 Å². The fourth-order valence-electron chi connectivity index (χ4n) is 1.21. The molecule has 0 aliphatic carbocycles. The Morgan fingerprint density at radius 1 is 1.29 bits per heavy atom. The first-order valence-electron chi connectivity index (χ1n) is 4.71. The minimum atomic E-state index is -0.678. The summed E-state index contributed by atoms with van der Waals surface area (Å²) in [6, 6.07) is 7.15. The summed E-state index contributed by atoms with van der Waals surface area (Å²) in [5.41, 5.74) is 5.17. The lowest BCUT2D eigenvalue weighted by atomic mass is 10.3. The van der Waals surface area contributed by atoms with Crippen molar-refractivity contribution in [2.45, 2.75) is 0 Å². The predicted molar refractivity (Wildman–Crippen MR) is 64.8 cm³/mol. The summed E-state index contributed by atoms with van der Waals surface area (Å²) in [5.74, 6) is -0.0384. The van der Waals surface area contributed by atoms with E-state index >= 15 is 0 Å². The largest absolute Gasteiger partial charge is 0.437 e. The minimum absolute atomic E-state index is 0.00692. The number of hydrogen-bond donors (Lipinski definition) is 1. The van der Waals surface area contributed by atoms with Gasteiger partial charge in [0.25, 0.3) is 11.8 Å². The van der Waals surface area contributed by atoms with Crippen molar-refractivity contribution < 1.29 is 9.53 Å². The van der Waals surface area contributed by atoms with Gasteiger partial charge in [-0.15, -0.1) is 0 Å². The molecule has 1 aromatic carbocycles. The number of rotatable bonds is 3. The average molecular weight is 294 g/mol. The molecule has 0 radical (unpaired) electrons. The van der Waals surface area contributed by atoms with Crippen molar-refractivity contribution in [3.63, 3.8) is 0 Å². The molecule has 0 spiro atoms. The zero-order valence-electron chi connectivity index (χ0n) is 8.63. The predicted octanol–water partition coefficient (Wildman–Crippen LogP) is 2.13. The topological polar surface area (TPSA) is 78.1 Å². The highest BCUT2D eigenvalue weighted by Crippen LogP contribution is 2.24. The van der Waals surface area contributed by atoms with E-state index in [1.165, 1.54) is 12.4 Å². The van der Waals surface area contributed by atoms with Crippen molar-refractivity contribution in [2.24, 2.45) is 5.73 Å². The van der Waals surface area contributed by atoms with Gasteiger partial charge in [-0.25, -0.2) is 9.97 Å². The van der Waals surface area contributed by atoms with Crippen LogP contribution in [0.4, 0.5) is 0 Å². The summed E-state index contributed by atoms with van der Waals surface area (Å²) in [7, 11) is 0. The Balaban J connectivity index is 2.33. The van der Waals surface area contributed by atoms with Gasteiger partial charge in [0.15, 0.2) is 5.69 Å². The Kier molecular flexibility index (Phi) is 3.34. The molecule has 5 nitrogen and oxygen atoms in total. The molecule has 0 saturated carbocycles. The van der Waals surface area contributed by atoms with E-state index in [0.717, 1.165) is 4.47 Å². The van der Waals surface area contributed by atoms with Gasteiger partial charge in [0, 0.05) is 16.9 Å². The maximum atomic E-state index is 11.1. The van der Waals surface area contributed by atoms with Crippen LogP contribution in [-0.2, 0) is 0 Å². The number of nitrogens with zero attached hydrogens (tertiary/aromatic N) is 2. The molecule has 1 aromatic heterocycles. The molecular weight excluding hydrogens is 286 g/mol. The Labute approximate surface area is 106 Å². The third-order valence-corrected chi connectivity index (χ3v) is 2.40. The van der Waals surface area contributed by atoms with Crippen molar-refractivity contribution in [2.75, 3.05) is 0 Å². The molecule has 0 saturated heterocycles. The lowest BCUT2D eigenvalue weighted by Crippen LogP contribution is -2.14. The Morgan fingerprint density at radius 2 is 2.06 bits per heavy atom. The van der Waals surface area contributed by atoms with E-state index in [1.807, 2.05) is 6.07 Å². The van der Waals surface area contributed by atoms with Gasteiger partial charge in [0.05, 0.1) is 0 Å². The van der Waals surface area contributed by atoms with Crippen LogP contribution in [0.1, 0.15) is 10.5 Å². The first kappa shape index (κ1) is 11.5. The van der Waals surface area contributed by atoms with Gasteiger partial charge >= 0.3 is 0 Å². The summed E-state index contributed by atoms with van der Waals surface area (Å²) in [6.07, 6.45) is 2.81. The van der Waals surface area contributed by atoms with Crippen LogP contribution >= 0.6 is 15.9 Å². The molecule has 17 heavy (non-hydrogen) atoms. The molecule has 1 heterocycles. The average Bonchev–Trinajstić information content (AvgIpc) is 2.29. The zero-order valence-corrected chi connectivity index (χ0v) is 10.2. The molecule has 0 aliphatic rings. The quantitative estimate of drug-likeness (QED) is 0.940. The number of carbonyl (C=O) groups excluding carboxylic acids is 1. The maximum absolute atomic E-state index is 11.1. The Hall–Kier alpha value is -1.95. The number of hydrogen-bond acceptors (Lipinski definition) is 4. The lowest BCUT2D eigenvalue weighted by molar-refractivity contribution is 0.0992. The fraction of sp³-hybridized carbons (Fsp3) is 0. The van der Waals surface area contributed by atoms with Crippen LogP contribution in [-0.4, -0.2) is 15.9 Å². The van der Waals surface area contributed by atoms with Crippen molar-refractivity contribution in [1.82, 2.24) is 9.97 Å². The number of carbonyl (C=O) groups is 1. The number of benzene rings is 1. The SMILES string of the molecule is NC(=O)c1nccnc1Oc1cccc(Br)c1. The van der Waals surface area contributed by atoms with Gasteiger partial charge in [-0.1, -0.05) is 22.0 Å². The molecule has 1 amide bonds. The summed E-state index contributed by atoms with van der Waals surface area (Å²) in [5, 5.41) is 0. The Bertz CT molecular complexity index is 560. The van der Waals surface area contributed by atoms with E-state index in [9.17, 15) is 4.79 Å². The van der Waals surface area contributed by atoms with Crippen LogP contribution in [0.5, 0.6) is 11.6 Å². The van der Waals surface area contributed by atoms with Crippen LogP contribution < -0.4 is 10.5 Å². The van der Waals surface area contributed by atoms with Crippen LogP contribution in [0, 0.1) is 0 Å². The summed E-state index contributed by atoms with van der Waals surface area (Å²) >= 11 is 3.32. The highest BCUT2D eigenvalue weighted by Gasteiger charge is 2.12. The zero-order chi connectivity index (χ0) is 12.3. The minimum Gasteiger partial charge on any atom is -0.437 e. The number of aromatic nitrogens is 2. The fourth-order valence-corrected chi connectivity index (χ4v) is 1.59. The van der Waals surface area contributed by atoms with Crippen molar-refractivity contribution in [3.05, 3.63) is 46.8 Å². The standard InChI is InChI=1S/C11H8BrN3O2/c12-7-2-1-3-8(6-7)17-11-9(10(13)16)14-4-5-15-11/h1-6H,(H2,13,16). The summed E-state index contributed by atoms with van der Waals surface area (Å²) in [4.78, 5) is 18.9. The van der Waals surface area contributed by atoms with E-state index in [2.05, 4.69) is 25.9 Å². The monoisotopic (exact) mass is 293 g/mol. The maximum Gasteiger partial charge on any atom is 0.272 e. The number of halogens is 1. The van der Waals surface area contributed by atoms with E-state index in [1.54, 1.807) is 18.2 Å². The van der Waals surface area contributed by atoms with Crippen LogP contribution in [0.3, 0.4) is 0 Å². The molecule has 2 rings (SSSR count). The highest BCUT2D eigenvalue weighted by molar-refractivity contribution is 9.10. The normalized spacial score (nSPS) is 9.94. The molecule has 0 aliphatic heterocycles. The summed E-state index contributed by atoms with van der Waals surface area (Å²) in [6.45, 7) is 0. The van der Waals surface area contributed by atoms with E-state index in [4.69, 9.17) is 10.5 Å². The van der Waals surface area contributed by atoms with Crippen LogP contribution in [0.15, 0.2) is 41.1 Å². The second-order valence-corrected chi connectivity index (χ2v) is 4.05. The molecule has 2 N–H and O–H groups in total. The van der Waals surface area contributed by atoms with Gasteiger partial charge < -0.3 is 10.5 Å². The number of ether oxygens (including phenoxy) is 1. The molecule has 0 unspecified atom stereocenters. The third-order valence-electron chi connectivity index (χ3n) is 1.91. The van der Waals surface area contributed by atoms with E-state index < -0.39 is 5.91 Å². The van der Waals surface area contributed by atoms with Gasteiger partial charge in [0.2, 0.25) is 0 Å². The second kappa shape index (κ2) is 4.92. The molecular formula is C11H8BrN3O2. The van der Waals surface area contributed by atoms with Gasteiger partial charge in [-0.05, 0) is 18.2 Å². The van der Waals surface area contributed by atoms with Crippen molar-refractivity contribution in [3.8, 4) is 11.6 Å².